The average molecular weight is 270 g/mol. The molecule has 5 heteroatoms. The van der Waals surface area contributed by atoms with Gasteiger partial charge in [-0.25, -0.2) is 0 Å². The number of ether oxygens (including phenoxy) is 1. The molecule has 1 heterocycles. The van der Waals surface area contributed by atoms with Crippen LogP contribution in [0.1, 0.15) is 26.2 Å². The summed E-state index contributed by atoms with van der Waals surface area (Å²) in [7, 11) is 0. The highest BCUT2D eigenvalue weighted by atomic mass is 16.5. The van der Waals surface area contributed by atoms with E-state index in [0.29, 0.717) is 6.54 Å². The van der Waals surface area contributed by atoms with Gasteiger partial charge in [-0.1, -0.05) is 13.3 Å². The molecule has 2 aliphatic rings. The second-order valence-electron chi connectivity index (χ2n) is 6.04. The molecule has 0 aromatic heterocycles. The van der Waals surface area contributed by atoms with Gasteiger partial charge in [-0.15, -0.1) is 0 Å². The van der Waals surface area contributed by atoms with Crippen LogP contribution < -0.4 is 5.32 Å². The van der Waals surface area contributed by atoms with Crippen LogP contribution in [0.15, 0.2) is 0 Å². The molecule has 2 N–H and O–H groups in total. The predicted octanol–water partition coefficient (Wildman–Crippen LogP) is 0.234. The highest BCUT2D eigenvalue weighted by Gasteiger charge is 2.36. The second kappa shape index (κ2) is 6.68. The summed E-state index contributed by atoms with van der Waals surface area (Å²) >= 11 is 0. The van der Waals surface area contributed by atoms with Gasteiger partial charge in [-0.2, -0.15) is 0 Å². The maximum atomic E-state index is 12.1. The van der Waals surface area contributed by atoms with Crippen molar-refractivity contribution in [1.29, 1.82) is 0 Å². The summed E-state index contributed by atoms with van der Waals surface area (Å²) in [4.78, 5) is 14.3. The van der Waals surface area contributed by atoms with E-state index in [1.54, 1.807) is 0 Å². The number of amides is 1. The SMILES string of the molecule is CC(CN1CCOCC1)C(=O)NCC1(CO)CCC1. The Balaban J connectivity index is 1.69. The summed E-state index contributed by atoms with van der Waals surface area (Å²) in [5.74, 6) is 0.0973. The van der Waals surface area contributed by atoms with E-state index < -0.39 is 0 Å². The normalized spacial score (nSPS) is 24.5. The number of nitrogens with one attached hydrogen (secondary N) is 1. The predicted molar refractivity (Wildman–Crippen MR) is 72.8 cm³/mol. The molecule has 1 saturated carbocycles. The van der Waals surface area contributed by atoms with Crippen LogP contribution in [0.5, 0.6) is 0 Å². The first-order valence-corrected chi connectivity index (χ1v) is 7.34. The summed E-state index contributed by atoms with van der Waals surface area (Å²) in [5.41, 5.74) is -0.0334. The Bertz CT molecular complexity index is 294. The first kappa shape index (κ1) is 14.8. The topological polar surface area (TPSA) is 61.8 Å². The van der Waals surface area contributed by atoms with Crippen LogP contribution in [0.3, 0.4) is 0 Å². The Morgan fingerprint density at radius 3 is 2.63 bits per heavy atom. The van der Waals surface area contributed by atoms with Gasteiger partial charge >= 0.3 is 0 Å². The van der Waals surface area contributed by atoms with Crippen molar-refractivity contribution < 1.29 is 14.6 Å². The molecule has 19 heavy (non-hydrogen) atoms. The average Bonchev–Trinajstić information content (AvgIpc) is 2.39. The van der Waals surface area contributed by atoms with E-state index in [4.69, 9.17) is 4.74 Å². The summed E-state index contributed by atoms with van der Waals surface area (Å²) < 4.78 is 5.30. The number of nitrogens with zero attached hydrogens (tertiary/aromatic N) is 1. The molecule has 1 amide bonds. The van der Waals surface area contributed by atoms with Crippen molar-refractivity contribution in [3.8, 4) is 0 Å². The molecule has 1 unspecified atom stereocenters. The summed E-state index contributed by atoms with van der Waals surface area (Å²) in [6, 6.07) is 0. The van der Waals surface area contributed by atoms with E-state index in [2.05, 4.69) is 10.2 Å². The molecule has 110 valence electrons. The molecule has 0 radical (unpaired) electrons. The van der Waals surface area contributed by atoms with Crippen LogP contribution in [0.4, 0.5) is 0 Å². The molecule has 1 atom stereocenters. The molecule has 1 aliphatic carbocycles. The highest BCUT2D eigenvalue weighted by Crippen LogP contribution is 2.39. The van der Waals surface area contributed by atoms with Crippen molar-refractivity contribution in [2.75, 3.05) is 46.0 Å². The fourth-order valence-electron chi connectivity index (χ4n) is 2.77. The minimum Gasteiger partial charge on any atom is -0.396 e. The van der Waals surface area contributed by atoms with Crippen molar-refractivity contribution >= 4 is 5.91 Å². The number of aliphatic hydroxyl groups is 1. The van der Waals surface area contributed by atoms with Crippen molar-refractivity contribution in [2.24, 2.45) is 11.3 Å². The standard InChI is InChI=1S/C14H26N2O3/c1-12(9-16-5-7-19-8-6-16)13(18)15-10-14(11-17)3-2-4-14/h12,17H,2-11H2,1H3,(H,15,18). The Morgan fingerprint density at radius 2 is 2.11 bits per heavy atom. The maximum Gasteiger partial charge on any atom is 0.224 e. The molecule has 0 bridgehead atoms. The number of aliphatic hydroxyl groups excluding tert-OH is 1. The van der Waals surface area contributed by atoms with Crippen LogP contribution in [-0.2, 0) is 9.53 Å². The van der Waals surface area contributed by atoms with Gasteiger partial charge in [-0.05, 0) is 12.8 Å². The quantitative estimate of drug-likeness (QED) is 0.725. The molecule has 0 aromatic rings. The lowest BCUT2D eigenvalue weighted by Crippen LogP contribution is -2.48. The van der Waals surface area contributed by atoms with Crippen molar-refractivity contribution in [3.05, 3.63) is 0 Å². The Hall–Kier alpha value is -0.650. The number of hydrogen-bond acceptors (Lipinski definition) is 4. The zero-order valence-corrected chi connectivity index (χ0v) is 11.9. The van der Waals surface area contributed by atoms with Crippen molar-refractivity contribution in [2.45, 2.75) is 26.2 Å². The van der Waals surface area contributed by atoms with Gasteiger partial charge in [0.25, 0.3) is 0 Å². The van der Waals surface area contributed by atoms with Gasteiger partial charge in [0.05, 0.1) is 19.8 Å². The zero-order valence-electron chi connectivity index (χ0n) is 11.9. The fourth-order valence-corrected chi connectivity index (χ4v) is 2.77. The van der Waals surface area contributed by atoms with Gasteiger partial charge in [-0.3, -0.25) is 9.69 Å². The molecule has 2 rings (SSSR count). The van der Waals surface area contributed by atoms with Crippen LogP contribution >= 0.6 is 0 Å². The second-order valence-corrected chi connectivity index (χ2v) is 6.04. The monoisotopic (exact) mass is 270 g/mol. The van der Waals surface area contributed by atoms with Gasteiger partial charge < -0.3 is 15.2 Å². The number of morpholine rings is 1. The first-order valence-electron chi connectivity index (χ1n) is 7.34. The van der Waals surface area contributed by atoms with Gasteiger partial charge in [0.1, 0.15) is 0 Å². The van der Waals surface area contributed by atoms with E-state index in [1.807, 2.05) is 6.92 Å². The minimum absolute atomic E-state index is 0.00563. The molecule has 1 saturated heterocycles. The largest absolute Gasteiger partial charge is 0.396 e. The lowest BCUT2D eigenvalue weighted by Gasteiger charge is -2.40. The third-order valence-electron chi connectivity index (χ3n) is 4.47. The maximum absolute atomic E-state index is 12.1. The van der Waals surface area contributed by atoms with E-state index in [0.717, 1.165) is 45.7 Å². The molecular weight excluding hydrogens is 244 g/mol. The third-order valence-corrected chi connectivity index (χ3v) is 4.47. The lowest BCUT2D eigenvalue weighted by molar-refractivity contribution is -0.126. The summed E-state index contributed by atoms with van der Waals surface area (Å²) in [5, 5.41) is 12.4. The van der Waals surface area contributed by atoms with Crippen molar-refractivity contribution in [1.82, 2.24) is 10.2 Å². The molecule has 0 aromatic carbocycles. The molecule has 2 fully saturated rings. The Morgan fingerprint density at radius 1 is 1.42 bits per heavy atom. The van der Waals surface area contributed by atoms with Crippen LogP contribution in [0, 0.1) is 11.3 Å². The summed E-state index contributed by atoms with van der Waals surface area (Å²) in [6.45, 7) is 6.93. The molecule has 1 aliphatic heterocycles. The zero-order chi connectivity index (χ0) is 13.7. The summed E-state index contributed by atoms with van der Waals surface area (Å²) in [6.07, 6.45) is 3.23. The lowest BCUT2D eigenvalue weighted by atomic mass is 9.69. The molecule has 0 spiro atoms. The van der Waals surface area contributed by atoms with E-state index in [-0.39, 0.29) is 23.8 Å². The van der Waals surface area contributed by atoms with E-state index in [1.165, 1.54) is 6.42 Å². The molecular formula is C14H26N2O3. The van der Waals surface area contributed by atoms with Crippen LogP contribution in [-0.4, -0.2) is 61.9 Å². The van der Waals surface area contributed by atoms with Crippen LogP contribution in [0.2, 0.25) is 0 Å². The number of carbonyl (C=O) groups excluding carboxylic acids is 1. The minimum atomic E-state index is -0.0334. The number of hydrogen-bond donors (Lipinski definition) is 2. The van der Waals surface area contributed by atoms with E-state index in [9.17, 15) is 9.90 Å². The van der Waals surface area contributed by atoms with Crippen molar-refractivity contribution in [3.63, 3.8) is 0 Å². The highest BCUT2D eigenvalue weighted by molar-refractivity contribution is 5.78. The van der Waals surface area contributed by atoms with E-state index >= 15 is 0 Å². The number of rotatable bonds is 6. The molecule has 5 nitrogen and oxygen atoms in total. The number of carbonyl (C=O) groups is 1. The van der Waals surface area contributed by atoms with Gasteiger partial charge in [0.15, 0.2) is 0 Å². The van der Waals surface area contributed by atoms with Gasteiger partial charge in [0.2, 0.25) is 5.91 Å². The van der Waals surface area contributed by atoms with Gasteiger partial charge in [0, 0.05) is 37.5 Å². The fraction of sp³-hybridized carbons (Fsp3) is 0.929. The Labute approximate surface area is 115 Å². The Kier molecular flexibility index (Phi) is 5.19. The first-order chi connectivity index (χ1) is 9.15. The smallest absolute Gasteiger partial charge is 0.224 e. The third kappa shape index (κ3) is 3.91. The van der Waals surface area contributed by atoms with Crippen LogP contribution in [0.25, 0.3) is 0 Å².